The molecule has 0 spiro atoms. The Labute approximate surface area is 99.8 Å². The molecule has 0 heterocycles. The number of ether oxygens (including phenoxy) is 1. The SMILES string of the molecule is COc1c(C(CN)C(=O)O)cc(C)c(O)c1C. The Morgan fingerprint density at radius 1 is 1.53 bits per heavy atom. The molecule has 0 saturated carbocycles. The number of phenolic OH excluding ortho intramolecular Hbond substituents is 1. The van der Waals surface area contributed by atoms with Crippen LogP contribution in [-0.4, -0.2) is 29.8 Å². The van der Waals surface area contributed by atoms with Crippen molar-refractivity contribution in [2.75, 3.05) is 13.7 Å². The lowest BCUT2D eigenvalue weighted by atomic mass is 9.93. The molecular weight excluding hydrogens is 222 g/mol. The molecule has 5 nitrogen and oxygen atoms in total. The molecule has 0 amide bonds. The zero-order chi connectivity index (χ0) is 13.2. The molecule has 0 bridgehead atoms. The first kappa shape index (κ1) is 13.3. The third-order valence-electron chi connectivity index (χ3n) is 2.82. The van der Waals surface area contributed by atoms with Crippen molar-refractivity contribution in [1.29, 1.82) is 0 Å². The van der Waals surface area contributed by atoms with Gasteiger partial charge in [0, 0.05) is 17.7 Å². The minimum absolute atomic E-state index is 0.0185. The van der Waals surface area contributed by atoms with Crippen molar-refractivity contribution in [3.8, 4) is 11.5 Å². The molecule has 0 saturated heterocycles. The van der Waals surface area contributed by atoms with Crippen LogP contribution in [0.15, 0.2) is 6.07 Å². The predicted octanol–water partition coefficient (Wildman–Crippen LogP) is 1.14. The van der Waals surface area contributed by atoms with E-state index in [-0.39, 0.29) is 12.3 Å². The summed E-state index contributed by atoms with van der Waals surface area (Å²) >= 11 is 0. The number of benzene rings is 1. The van der Waals surface area contributed by atoms with Crippen LogP contribution in [0, 0.1) is 13.8 Å². The number of hydrogen-bond acceptors (Lipinski definition) is 4. The van der Waals surface area contributed by atoms with Crippen molar-refractivity contribution in [3.63, 3.8) is 0 Å². The molecular formula is C12H17NO4. The maximum atomic E-state index is 11.1. The maximum absolute atomic E-state index is 11.1. The zero-order valence-corrected chi connectivity index (χ0v) is 10.2. The summed E-state index contributed by atoms with van der Waals surface area (Å²) in [4.78, 5) is 11.1. The van der Waals surface area contributed by atoms with E-state index < -0.39 is 11.9 Å². The van der Waals surface area contributed by atoms with Crippen LogP contribution in [0.3, 0.4) is 0 Å². The molecule has 1 atom stereocenters. The van der Waals surface area contributed by atoms with Crippen LogP contribution in [0.25, 0.3) is 0 Å². The Balaban J connectivity index is 3.46. The van der Waals surface area contributed by atoms with Crippen LogP contribution in [0.2, 0.25) is 0 Å². The van der Waals surface area contributed by atoms with E-state index >= 15 is 0 Å². The highest BCUT2D eigenvalue weighted by molar-refractivity contribution is 5.78. The first-order valence-corrected chi connectivity index (χ1v) is 5.23. The van der Waals surface area contributed by atoms with E-state index in [1.165, 1.54) is 7.11 Å². The van der Waals surface area contributed by atoms with Gasteiger partial charge in [-0.1, -0.05) is 0 Å². The lowest BCUT2D eigenvalue weighted by Crippen LogP contribution is -2.22. The van der Waals surface area contributed by atoms with Gasteiger partial charge in [0.1, 0.15) is 11.5 Å². The van der Waals surface area contributed by atoms with Gasteiger partial charge in [0.2, 0.25) is 0 Å². The summed E-state index contributed by atoms with van der Waals surface area (Å²) in [5, 5.41) is 18.9. The van der Waals surface area contributed by atoms with E-state index in [4.69, 9.17) is 15.6 Å². The number of hydrogen-bond donors (Lipinski definition) is 3. The van der Waals surface area contributed by atoms with Gasteiger partial charge in [-0.2, -0.15) is 0 Å². The van der Waals surface area contributed by atoms with Gasteiger partial charge in [-0.15, -0.1) is 0 Å². The molecule has 17 heavy (non-hydrogen) atoms. The topological polar surface area (TPSA) is 92.8 Å². The van der Waals surface area contributed by atoms with E-state index in [0.29, 0.717) is 22.4 Å². The number of carbonyl (C=O) groups is 1. The third kappa shape index (κ3) is 2.34. The van der Waals surface area contributed by atoms with Crippen molar-refractivity contribution in [2.24, 2.45) is 5.73 Å². The summed E-state index contributed by atoms with van der Waals surface area (Å²) in [6.45, 7) is 3.37. The molecule has 0 fully saturated rings. The Hall–Kier alpha value is -1.75. The number of aromatic hydroxyl groups is 1. The van der Waals surface area contributed by atoms with Gasteiger partial charge in [-0.3, -0.25) is 4.79 Å². The largest absolute Gasteiger partial charge is 0.507 e. The number of phenols is 1. The molecule has 1 aromatic rings. The molecule has 5 heteroatoms. The third-order valence-corrected chi connectivity index (χ3v) is 2.82. The first-order valence-electron chi connectivity index (χ1n) is 5.23. The average molecular weight is 239 g/mol. The summed E-state index contributed by atoms with van der Waals surface area (Å²) < 4.78 is 5.17. The fourth-order valence-corrected chi connectivity index (χ4v) is 1.88. The smallest absolute Gasteiger partial charge is 0.312 e. The number of aryl methyl sites for hydroxylation is 1. The number of carboxylic acid groups (broad SMARTS) is 1. The summed E-state index contributed by atoms with van der Waals surface area (Å²) in [6, 6.07) is 1.60. The van der Waals surface area contributed by atoms with Gasteiger partial charge in [0.25, 0.3) is 0 Å². The molecule has 1 unspecified atom stereocenters. The fraction of sp³-hybridized carbons (Fsp3) is 0.417. The van der Waals surface area contributed by atoms with E-state index in [9.17, 15) is 9.90 Å². The number of nitrogens with two attached hydrogens (primary N) is 1. The van der Waals surface area contributed by atoms with Gasteiger partial charge in [0.05, 0.1) is 13.0 Å². The Morgan fingerprint density at radius 3 is 2.53 bits per heavy atom. The van der Waals surface area contributed by atoms with Crippen LogP contribution in [0.5, 0.6) is 11.5 Å². The Kier molecular flexibility index (Phi) is 3.96. The second-order valence-electron chi connectivity index (χ2n) is 3.92. The lowest BCUT2D eigenvalue weighted by Gasteiger charge is -2.18. The molecule has 0 aromatic heterocycles. The Bertz CT molecular complexity index is 443. The zero-order valence-electron chi connectivity index (χ0n) is 10.2. The van der Waals surface area contributed by atoms with Gasteiger partial charge < -0.3 is 20.7 Å². The Morgan fingerprint density at radius 2 is 2.12 bits per heavy atom. The van der Waals surface area contributed by atoms with Crippen LogP contribution in [0.4, 0.5) is 0 Å². The number of carboxylic acids is 1. The van der Waals surface area contributed by atoms with Crippen LogP contribution in [-0.2, 0) is 4.79 Å². The van der Waals surface area contributed by atoms with Crippen molar-refractivity contribution in [2.45, 2.75) is 19.8 Å². The van der Waals surface area contributed by atoms with Crippen molar-refractivity contribution >= 4 is 5.97 Å². The monoisotopic (exact) mass is 239 g/mol. The molecule has 94 valence electrons. The van der Waals surface area contributed by atoms with Crippen LogP contribution >= 0.6 is 0 Å². The van der Waals surface area contributed by atoms with Crippen molar-refractivity contribution in [1.82, 2.24) is 0 Å². The van der Waals surface area contributed by atoms with Gasteiger partial charge >= 0.3 is 5.97 Å². The minimum atomic E-state index is -1.00. The van der Waals surface area contributed by atoms with E-state index in [1.807, 2.05) is 0 Å². The number of rotatable bonds is 4. The summed E-state index contributed by atoms with van der Waals surface area (Å²) in [6.07, 6.45) is 0. The van der Waals surface area contributed by atoms with Crippen molar-refractivity contribution in [3.05, 3.63) is 22.8 Å². The summed E-state index contributed by atoms with van der Waals surface area (Å²) in [5.74, 6) is -1.34. The molecule has 4 N–H and O–H groups in total. The predicted molar refractivity (Wildman–Crippen MR) is 63.6 cm³/mol. The summed E-state index contributed by atoms with van der Waals surface area (Å²) in [5.41, 5.74) is 7.10. The number of methoxy groups -OCH3 is 1. The minimum Gasteiger partial charge on any atom is -0.507 e. The second-order valence-corrected chi connectivity index (χ2v) is 3.92. The lowest BCUT2D eigenvalue weighted by molar-refractivity contribution is -0.138. The van der Waals surface area contributed by atoms with E-state index in [1.54, 1.807) is 19.9 Å². The van der Waals surface area contributed by atoms with Crippen LogP contribution in [0.1, 0.15) is 22.6 Å². The van der Waals surface area contributed by atoms with E-state index in [0.717, 1.165) is 0 Å². The van der Waals surface area contributed by atoms with Gasteiger partial charge in [-0.05, 0) is 25.5 Å². The molecule has 0 radical (unpaired) electrons. The van der Waals surface area contributed by atoms with Crippen molar-refractivity contribution < 1.29 is 19.7 Å². The second kappa shape index (κ2) is 5.05. The maximum Gasteiger partial charge on any atom is 0.312 e. The molecule has 0 aliphatic rings. The molecule has 1 aromatic carbocycles. The molecule has 0 aliphatic heterocycles. The standard InChI is InChI=1S/C12H17NO4/c1-6-4-8(9(5-13)12(15)16)11(17-3)7(2)10(6)14/h4,9,14H,5,13H2,1-3H3,(H,15,16). The fourth-order valence-electron chi connectivity index (χ4n) is 1.88. The summed E-state index contributed by atoms with van der Waals surface area (Å²) in [7, 11) is 1.44. The highest BCUT2D eigenvalue weighted by Gasteiger charge is 2.25. The quantitative estimate of drug-likeness (QED) is 0.732. The molecule has 1 rings (SSSR count). The van der Waals surface area contributed by atoms with Crippen LogP contribution < -0.4 is 10.5 Å². The normalized spacial score (nSPS) is 12.2. The molecule has 0 aliphatic carbocycles. The average Bonchev–Trinajstić information content (AvgIpc) is 2.27. The highest BCUT2D eigenvalue weighted by atomic mass is 16.5. The van der Waals surface area contributed by atoms with E-state index in [2.05, 4.69) is 0 Å². The first-order chi connectivity index (χ1) is 7.93. The number of aliphatic carboxylic acids is 1. The van der Waals surface area contributed by atoms with Gasteiger partial charge in [0.15, 0.2) is 0 Å². The highest BCUT2D eigenvalue weighted by Crippen LogP contribution is 2.37. The van der Waals surface area contributed by atoms with Gasteiger partial charge in [-0.25, -0.2) is 0 Å².